The summed E-state index contributed by atoms with van der Waals surface area (Å²) in [6, 6.07) is 6.23. The average molecular weight is 495 g/mol. The average Bonchev–Trinajstić information content (AvgIpc) is 3.46. The second-order valence-corrected chi connectivity index (χ2v) is 10.2. The van der Waals surface area contributed by atoms with Gasteiger partial charge >= 0.3 is 0 Å². The van der Waals surface area contributed by atoms with E-state index in [9.17, 15) is 13.9 Å². The molecule has 4 aromatic rings. The summed E-state index contributed by atoms with van der Waals surface area (Å²) in [4.78, 5) is 20.5. The Morgan fingerprint density at radius 2 is 1.86 bits per heavy atom. The molecule has 0 amide bonds. The summed E-state index contributed by atoms with van der Waals surface area (Å²) in [7, 11) is 0. The fourth-order valence-electron chi connectivity index (χ4n) is 5.05. The molecule has 0 radical (unpaired) electrons. The van der Waals surface area contributed by atoms with Gasteiger partial charge in [-0.3, -0.25) is 0 Å². The van der Waals surface area contributed by atoms with Gasteiger partial charge in [0.25, 0.3) is 0 Å². The van der Waals surface area contributed by atoms with E-state index in [-0.39, 0.29) is 18.4 Å². The minimum atomic E-state index is -0.904. The van der Waals surface area contributed by atoms with Crippen LogP contribution in [0.2, 0.25) is 0 Å². The first-order valence-corrected chi connectivity index (χ1v) is 12.3. The van der Waals surface area contributed by atoms with E-state index in [0.29, 0.717) is 71.5 Å². The maximum atomic E-state index is 13.9. The fraction of sp³-hybridized carbons (Fsp3) is 0.480. The summed E-state index contributed by atoms with van der Waals surface area (Å²) in [6.07, 6.45) is 2.50. The summed E-state index contributed by atoms with van der Waals surface area (Å²) < 4.78 is 29.4. The molecule has 4 heterocycles. The maximum Gasteiger partial charge on any atom is 0.230 e. The number of aliphatic hydroxyl groups is 1. The number of nitrogens with one attached hydrogen (secondary N) is 1. The molecule has 1 aromatic carbocycles. The minimum absolute atomic E-state index is 0.112. The van der Waals surface area contributed by atoms with Gasteiger partial charge in [-0.05, 0) is 58.1 Å². The minimum Gasteiger partial charge on any atom is -0.390 e. The first kappa shape index (κ1) is 23.0. The molecule has 2 aliphatic rings. The molecule has 0 unspecified atom stereocenters. The lowest BCUT2D eigenvalue weighted by atomic mass is 9.84. The molecule has 1 aliphatic carbocycles. The highest BCUT2D eigenvalue weighted by molar-refractivity contribution is 5.78. The lowest BCUT2D eigenvalue weighted by Crippen LogP contribution is -2.36. The van der Waals surface area contributed by atoms with Crippen molar-refractivity contribution in [3.8, 4) is 11.4 Å². The second kappa shape index (κ2) is 8.58. The third-order valence-corrected chi connectivity index (χ3v) is 7.16. The Balaban J connectivity index is 1.42. The van der Waals surface area contributed by atoms with Crippen LogP contribution in [0.15, 0.2) is 24.3 Å². The van der Waals surface area contributed by atoms with Gasteiger partial charge in [-0.25, -0.2) is 18.7 Å². The molecule has 1 saturated carbocycles. The lowest BCUT2D eigenvalue weighted by Gasteiger charge is -2.33. The SMILES string of the molecule is Cc1nc2ccc(F)cc2nc1-c1cc2nc(N3CC[C@@H](F)C3)nc(NC3CCC(C)(O)CC3)n2n1. The zero-order valence-electron chi connectivity index (χ0n) is 20.2. The Bertz CT molecular complexity index is 1450. The van der Waals surface area contributed by atoms with Crippen LogP contribution in [0.5, 0.6) is 0 Å². The molecule has 11 heteroatoms. The van der Waals surface area contributed by atoms with Crippen molar-refractivity contribution in [2.45, 2.75) is 63.8 Å². The Morgan fingerprint density at radius 1 is 1.06 bits per heavy atom. The van der Waals surface area contributed by atoms with Crippen molar-refractivity contribution in [1.29, 1.82) is 0 Å². The highest BCUT2D eigenvalue weighted by Crippen LogP contribution is 2.31. The van der Waals surface area contributed by atoms with E-state index in [1.807, 2.05) is 18.7 Å². The molecule has 188 valence electrons. The fourth-order valence-corrected chi connectivity index (χ4v) is 5.05. The van der Waals surface area contributed by atoms with E-state index in [2.05, 4.69) is 20.3 Å². The number of anilines is 2. The quantitative estimate of drug-likeness (QED) is 0.441. The monoisotopic (exact) mass is 494 g/mol. The van der Waals surface area contributed by atoms with Gasteiger partial charge in [0.1, 0.15) is 23.4 Å². The van der Waals surface area contributed by atoms with E-state index in [1.165, 1.54) is 12.1 Å². The van der Waals surface area contributed by atoms with E-state index in [1.54, 1.807) is 16.6 Å². The first-order valence-electron chi connectivity index (χ1n) is 12.3. The van der Waals surface area contributed by atoms with Gasteiger partial charge in [0.05, 0.1) is 28.9 Å². The number of alkyl halides is 1. The Labute approximate surface area is 206 Å². The van der Waals surface area contributed by atoms with Gasteiger partial charge < -0.3 is 15.3 Å². The van der Waals surface area contributed by atoms with Gasteiger partial charge in [-0.15, -0.1) is 0 Å². The zero-order chi connectivity index (χ0) is 25.0. The molecule has 36 heavy (non-hydrogen) atoms. The van der Waals surface area contributed by atoms with Crippen molar-refractivity contribution in [1.82, 2.24) is 29.5 Å². The number of aromatic nitrogens is 6. The van der Waals surface area contributed by atoms with E-state index in [4.69, 9.17) is 10.1 Å². The molecule has 9 nitrogen and oxygen atoms in total. The number of fused-ring (bicyclic) bond motifs is 2. The molecule has 1 aliphatic heterocycles. The normalized spacial score (nSPS) is 24.6. The molecule has 1 atom stereocenters. The summed E-state index contributed by atoms with van der Waals surface area (Å²) in [5, 5.41) is 18.6. The molecule has 2 fully saturated rings. The number of hydrogen-bond acceptors (Lipinski definition) is 8. The van der Waals surface area contributed by atoms with Crippen LogP contribution >= 0.6 is 0 Å². The van der Waals surface area contributed by atoms with Crippen molar-refractivity contribution < 1.29 is 13.9 Å². The Morgan fingerprint density at radius 3 is 2.61 bits per heavy atom. The number of hydrogen-bond donors (Lipinski definition) is 2. The Kier molecular flexibility index (Phi) is 5.47. The molecule has 6 rings (SSSR count). The first-order chi connectivity index (χ1) is 17.2. The number of nitrogens with zero attached hydrogens (tertiary/aromatic N) is 7. The van der Waals surface area contributed by atoms with Crippen LogP contribution < -0.4 is 10.2 Å². The highest BCUT2D eigenvalue weighted by atomic mass is 19.1. The van der Waals surface area contributed by atoms with E-state index in [0.717, 1.165) is 12.8 Å². The number of rotatable bonds is 4. The van der Waals surface area contributed by atoms with Crippen LogP contribution in [-0.2, 0) is 0 Å². The standard InChI is InChI=1S/C25H28F2N8O/c1-14-22(30-19-11-15(26)3-4-18(19)28-14)20-12-21-31-23(34-10-7-16(27)13-34)32-24(35(21)33-20)29-17-5-8-25(2,36)9-6-17/h3-4,11-12,16-17,36H,5-10,13H2,1-2H3,(H,29,31,32)/t16-,17?,25?/m1/s1. The predicted molar refractivity (Wildman–Crippen MR) is 132 cm³/mol. The van der Waals surface area contributed by atoms with Crippen molar-refractivity contribution in [3.05, 3.63) is 35.8 Å². The second-order valence-electron chi connectivity index (χ2n) is 10.2. The molecule has 3 aromatic heterocycles. The molecule has 2 N–H and O–H groups in total. The van der Waals surface area contributed by atoms with Crippen LogP contribution in [0.1, 0.15) is 44.7 Å². The van der Waals surface area contributed by atoms with E-state index < -0.39 is 11.8 Å². The molecule has 1 saturated heterocycles. The van der Waals surface area contributed by atoms with Gasteiger partial charge in [-0.2, -0.15) is 19.6 Å². The smallest absolute Gasteiger partial charge is 0.230 e. The lowest BCUT2D eigenvalue weighted by molar-refractivity contribution is 0.0195. The summed E-state index contributed by atoms with van der Waals surface area (Å²) in [5.74, 6) is 0.571. The van der Waals surface area contributed by atoms with Gasteiger partial charge in [0.15, 0.2) is 5.65 Å². The molecular weight excluding hydrogens is 466 g/mol. The molecule has 0 bridgehead atoms. The number of halogens is 2. The van der Waals surface area contributed by atoms with Crippen LogP contribution in [0.4, 0.5) is 20.7 Å². The Hall–Kier alpha value is -3.47. The third-order valence-electron chi connectivity index (χ3n) is 7.16. The topological polar surface area (TPSA) is 104 Å². The van der Waals surface area contributed by atoms with Gasteiger partial charge in [0, 0.05) is 24.7 Å². The van der Waals surface area contributed by atoms with Crippen LogP contribution in [0, 0.1) is 12.7 Å². The summed E-state index contributed by atoms with van der Waals surface area (Å²) in [6.45, 7) is 4.50. The van der Waals surface area contributed by atoms with Crippen molar-refractivity contribution in [2.24, 2.45) is 0 Å². The largest absolute Gasteiger partial charge is 0.390 e. The molecular formula is C25H28F2N8O. The zero-order valence-corrected chi connectivity index (χ0v) is 20.2. The van der Waals surface area contributed by atoms with E-state index >= 15 is 0 Å². The number of aryl methyl sites for hydroxylation is 1. The van der Waals surface area contributed by atoms with Crippen LogP contribution in [0.3, 0.4) is 0 Å². The highest BCUT2D eigenvalue weighted by Gasteiger charge is 2.30. The van der Waals surface area contributed by atoms with Crippen LogP contribution in [0.25, 0.3) is 28.1 Å². The number of benzene rings is 1. The third kappa shape index (κ3) is 4.32. The van der Waals surface area contributed by atoms with Crippen molar-refractivity contribution >= 4 is 28.6 Å². The summed E-state index contributed by atoms with van der Waals surface area (Å²) in [5.41, 5.74) is 2.67. The maximum absolute atomic E-state index is 13.9. The van der Waals surface area contributed by atoms with Crippen molar-refractivity contribution in [3.63, 3.8) is 0 Å². The van der Waals surface area contributed by atoms with Gasteiger partial charge in [0.2, 0.25) is 11.9 Å². The van der Waals surface area contributed by atoms with Crippen molar-refractivity contribution in [2.75, 3.05) is 23.3 Å². The summed E-state index contributed by atoms with van der Waals surface area (Å²) >= 11 is 0. The molecule has 0 spiro atoms. The van der Waals surface area contributed by atoms with Gasteiger partial charge in [-0.1, -0.05) is 0 Å². The predicted octanol–water partition coefficient (Wildman–Crippen LogP) is 3.84. The van der Waals surface area contributed by atoms with Crippen LogP contribution in [-0.4, -0.2) is 65.6 Å².